The molecule has 1 aromatic carbocycles. The van der Waals surface area contributed by atoms with Gasteiger partial charge in [-0.2, -0.15) is 5.26 Å². The Bertz CT molecular complexity index is 683. The van der Waals surface area contributed by atoms with Gasteiger partial charge in [0, 0.05) is 31.6 Å². The fraction of sp³-hybridized carbons (Fsp3) is 0.500. The molecular weight excluding hydrogens is 321 g/mol. The standard InChI is InChI=1S/C18H24FN5O/c1-2-22-18(24-7-3-4-14(12-24)9-17(21)25)23-11-15-6-5-13(10-20)8-16(15)19/h5-6,8,14H,2-4,7,9,11-12H2,1H3,(H2,21,25)(H,22,23). The summed E-state index contributed by atoms with van der Waals surface area (Å²) in [5.41, 5.74) is 6.05. The largest absolute Gasteiger partial charge is 0.370 e. The maximum Gasteiger partial charge on any atom is 0.217 e. The normalized spacial score (nSPS) is 17.9. The Labute approximate surface area is 147 Å². The van der Waals surface area contributed by atoms with E-state index < -0.39 is 5.82 Å². The van der Waals surface area contributed by atoms with Crippen LogP contribution in [-0.4, -0.2) is 36.4 Å². The van der Waals surface area contributed by atoms with Crippen LogP contribution in [0.4, 0.5) is 4.39 Å². The molecule has 1 atom stereocenters. The smallest absolute Gasteiger partial charge is 0.217 e. The number of carbonyl (C=O) groups excluding carboxylic acids is 1. The molecule has 1 amide bonds. The Morgan fingerprint density at radius 1 is 1.56 bits per heavy atom. The van der Waals surface area contributed by atoms with Crippen LogP contribution in [0.5, 0.6) is 0 Å². The minimum atomic E-state index is -0.427. The van der Waals surface area contributed by atoms with E-state index in [1.807, 2.05) is 13.0 Å². The van der Waals surface area contributed by atoms with E-state index in [1.54, 1.807) is 12.1 Å². The average molecular weight is 345 g/mol. The number of benzene rings is 1. The third kappa shape index (κ3) is 5.45. The Balaban J connectivity index is 2.10. The number of primary amides is 1. The van der Waals surface area contributed by atoms with Crippen LogP contribution in [0, 0.1) is 23.1 Å². The summed E-state index contributed by atoms with van der Waals surface area (Å²) in [6.07, 6.45) is 2.32. The summed E-state index contributed by atoms with van der Waals surface area (Å²) in [7, 11) is 0. The molecule has 2 rings (SSSR count). The van der Waals surface area contributed by atoms with Crippen molar-refractivity contribution in [3.63, 3.8) is 0 Å². The molecule has 6 nitrogen and oxygen atoms in total. The van der Waals surface area contributed by atoms with Gasteiger partial charge in [-0.1, -0.05) is 6.07 Å². The van der Waals surface area contributed by atoms with Gasteiger partial charge in [-0.15, -0.1) is 0 Å². The molecule has 7 heteroatoms. The van der Waals surface area contributed by atoms with Crippen molar-refractivity contribution in [2.75, 3.05) is 19.6 Å². The molecule has 3 N–H and O–H groups in total. The number of aliphatic imine (C=N–C) groups is 1. The monoisotopic (exact) mass is 345 g/mol. The highest BCUT2D eigenvalue weighted by Gasteiger charge is 2.23. The summed E-state index contributed by atoms with van der Waals surface area (Å²) in [6, 6.07) is 6.32. The number of nitrogens with two attached hydrogens (primary N) is 1. The second-order valence-electron chi connectivity index (χ2n) is 6.21. The first-order chi connectivity index (χ1) is 12.0. The van der Waals surface area contributed by atoms with Crippen LogP contribution >= 0.6 is 0 Å². The van der Waals surface area contributed by atoms with Gasteiger partial charge >= 0.3 is 0 Å². The number of piperidine rings is 1. The van der Waals surface area contributed by atoms with Crippen molar-refractivity contribution >= 4 is 11.9 Å². The molecule has 25 heavy (non-hydrogen) atoms. The van der Waals surface area contributed by atoms with Gasteiger partial charge < -0.3 is 16.0 Å². The van der Waals surface area contributed by atoms with Crippen molar-refractivity contribution < 1.29 is 9.18 Å². The van der Waals surface area contributed by atoms with E-state index in [0.29, 0.717) is 36.6 Å². The lowest BCUT2D eigenvalue weighted by Gasteiger charge is -2.34. The van der Waals surface area contributed by atoms with E-state index in [2.05, 4.69) is 15.2 Å². The van der Waals surface area contributed by atoms with Crippen molar-refractivity contribution in [3.8, 4) is 6.07 Å². The number of nitrogens with zero attached hydrogens (tertiary/aromatic N) is 3. The Hall–Kier alpha value is -2.62. The first-order valence-corrected chi connectivity index (χ1v) is 8.53. The molecule has 1 fully saturated rings. The number of hydrogen-bond donors (Lipinski definition) is 2. The minimum absolute atomic E-state index is 0.191. The highest BCUT2D eigenvalue weighted by molar-refractivity contribution is 5.80. The number of halogens is 1. The van der Waals surface area contributed by atoms with E-state index >= 15 is 0 Å². The van der Waals surface area contributed by atoms with Gasteiger partial charge in [0.15, 0.2) is 5.96 Å². The third-order valence-electron chi connectivity index (χ3n) is 4.22. The zero-order chi connectivity index (χ0) is 18.2. The number of guanidine groups is 1. The van der Waals surface area contributed by atoms with Crippen LogP contribution in [0.15, 0.2) is 23.2 Å². The molecule has 134 valence electrons. The minimum Gasteiger partial charge on any atom is -0.370 e. The zero-order valence-corrected chi connectivity index (χ0v) is 14.5. The molecule has 1 aliphatic heterocycles. The highest BCUT2D eigenvalue weighted by Crippen LogP contribution is 2.20. The molecule has 1 saturated heterocycles. The van der Waals surface area contributed by atoms with Gasteiger partial charge in [-0.05, 0) is 37.8 Å². The van der Waals surface area contributed by atoms with Crippen LogP contribution in [-0.2, 0) is 11.3 Å². The van der Waals surface area contributed by atoms with Gasteiger partial charge in [0.2, 0.25) is 5.91 Å². The molecule has 1 unspecified atom stereocenters. The predicted octanol–water partition coefficient (Wildman–Crippen LogP) is 1.75. The number of likely N-dealkylation sites (tertiary alicyclic amines) is 1. The molecule has 0 aromatic heterocycles. The lowest BCUT2D eigenvalue weighted by atomic mass is 9.95. The highest BCUT2D eigenvalue weighted by atomic mass is 19.1. The molecule has 0 aliphatic carbocycles. The number of nitriles is 1. The lowest BCUT2D eigenvalue weighted by molar-refractivity contribution is -0.119. The fourth-order valence-electron chi connectivity index (χ4n) is 3.04. The fourth-order valence-corrected chi connectivity index (χ4v) is 3.04. The van der Waals surface area contributed by atoms with Crippen molar-refractivity contribution in [1.82, 2.24) is 10.2 Å². The van der Waals surface area contributed by atoms with Crippen molar-refractivity contribution in [1.29, 1.82) is 5.26 Å². The average Bonchev–Trinajstić information content (AvgIpc) is 2.59. The van der Waals surface area contributed by atoms with Crippen LogP contribution in [0.25, 0.3) is 0 Å². The second-order valence-corrected chi connectivity index (χ2v) is 6.21. The van der Waals surface area contributed by atoms with Crippen LogP contribution in [0.2, 0.25) is 0 Å². The lowest BCUT2D eigenvalue weighted by Crippen LogP contribution is -2.47. The first-order valence-electron chi connectivity index (χ1n) is 8.53. The second kappa shape index (κ2) is 9.02. The Kier molecular flexibility index (Phi) is 6.75. The van der Waals surface area contributed by atoms with Crippen molar-refractivity contribution in [2.24, 2.45) is 16.6 Å². The quantitative estimate of drug-likeness (QED) is 0.628. The van der Waals surface area contributed by atoms with Crippen LogP contribution in [0.3, 0.4) is 0 Å². The first kappa shape index (κ1) is 18.7. The molecule has 0 bridgehead atoms. The molecule has 1 aromatic rings. The summed E-state index contributed by atoms with van der Waals surface area (Å²) in [5.74, 6) is 0.222. The number of hydrogen-bond acceptors (Lipinski definition) is 3. The van der Waals surface area contributed by atoms with Gasteiger partial charge in [-0.25, -0.2) is 9.38 Å². The Morgan fingerprint density at radius 3 is 3.00 bits per heavy atom. The van der Waals surface area contributed by atoms with E-state index in [4.69, 9.17) is 11.0 Å². The SMILES string of the molecule is CCNC(=NCc1ccc(C#N)cc1F)N1CCCC(CC(N)=O)C1. The summed E-state index contributed by atoms with van der Waals surface area (Å²) < 4.78 is 14.0. The van der Waals surface area contributed by atoms with Crippen molar-refractivity contribution in [3.05, 3.63) is 35.1 Å². The molecule has 0 saturated carbocycles. The van der Waals surface area contributed by atoms with Crippen molar-refractivity contribution in [2.45, 2.75) is 32.7 Å². The topological polar surface area (TPSA) is 94.5 Å². The van der Waals surface area contributed by atoms with Crippen LogP contribution in [0.1, 0.15) is 37.3 Å². The Morgan fingerprint density at radius 2 is 2.36 bits per heavy atom. The summed E-state index contributed by atoms with van der Waals surface area (Å²) in [6.45, 7) is 4.42. The zero-order valence-electron chi connectivity index (χ0n) is 14.5. The van der Waals surface area contributed by atoms with Crippen LogP contribution < -0.4 is 11.1 Å². The molecular formula is C18H24FN5O. The maximum atomic E-state index is 14.0. The number of nitrogens with one attached hydrogen (secondary N) is 1. The summed E-state index contributed by atoms with van der Waals surface area (Å²) in [4.78, 5) is 17.8. The predicted molar refractivity (Wildman–Crippen MR) is 94.0 cm³/mol. The molecule has 1 heterocycles. The summed E-state index contributed by atoms with van der Waals surface area (Å²) in [5, 5.41) is 12.0. The third-order valence-corrected chi connectivity index (χ3v) is 4.22. The summed E-state index contributed by atoms with van der Waals surface area (Å²) >= 11 is 0. The van der Waals surface area contributed by atoms with E-state index in [9.17, 15) is 9.18 Å². The van der Waals surface area contributed by atoms with Gasteiger partial charge in [-0.3, -0.25) is 4.79 Å². The van der Waals surface area contributed by atoms with Gasteiger partial charge in [0.05, 0.1) is 18.2 Å². The number of rotatable bonds is 5. The van der Waals surface area contributed by atoms with Gasteiger partial charge in [0.25, 0.3) is 0 Å². The molecule has 1 aliphatic rings. The maximum absolute atomic E-state index is 14.0. The van der Waals surface area contributed by atoms with E-state index in [-0.39, 0.29) is 18.4 Å². The van der Waals surface area contributed by atoms with E-state index in [0.717, 1.165) is 19.4 Å². The number of carbonyl (C=O) groups is 1. The van der Waals surface area contributed by atoms with Gasteiger partial charge in [0.1, 0.15) is 5.82 Å². The molecule has 0 spiro atoms. The number of amides is 1. The van der Waals surface area contributed by atoms with E-state index in [1.165, 1.54) is 6.07 Å². The molecule has 0 radical (unpaired) electrons.